The van der Waals surface area contributed by atoms with Gasteiger partial charge in [0.15, 0.2) is 0 Å². The third kappa shape index (κ3) is 2.77. The van der Waals surface area contributed by atoms with Gasteiger partial charge < -0.3 is 15.1 Å². The minimum Gasteiger partial charge on any atom is -0.320 e. The fraction of sp³-hybridized carbons (Fsp3) is 0.533. The lowest BCUT2D eigenvalue weighted by Gasteiger charge is -2.31. The van der Waals surface area contributed by atoms with Gasteiger partial charge in [-0.25, -0.2) is 9.18 Å². The monoisotopic (exact) mass is 277 g/mol. The third-order valence-corrected chi connectivity index (χ3v) is 4.14. The molecule has 20 heavy (non-hydrogen) atoms. The van der Waals surface area contributed by atoms with Crippen molar-refractivity contribution in [1.82, 2.24) is 15.1 Å². The van der Waals surface area contributed by atoms with Crippen molar-refractivity contribution in [3.8, 4) is 0 Å². The fourth-order valence-corrected chi connectivity index (χ4v) is 3.06. The van der Waals surface area contributed by atoms with Crippen LogP contribution in [0.5, 0.6) is 0 Å². The van der Waals surface area contributed by atoms with Crippen LogP contribution < -0.4 is 5.32 Å². The van der Waals surface area contributed by atoms with E-state index in [1.165, 1.54) is 12.1 Å². The number of nitrogens with zero attached hydrogens (tertiary/aromatic N) is 2. The average Bonchev–Trinajstić information content (AvgIpc) is 2.81. The van der Waals surface area contributed by atoms with Crippen LogP contribution in [0.25, 0.3) is 0 Å². The van der Waals surface area contributed by atoms with Crippen molar-refractivity contribution in [2.75, 3.05) is 26.2 Å². The molecular weight excluding hydrogens is 257 g/mol. The van der Waals surface area contributed by atoms with Gasteiger partial charge in [0.05, 0.1) is 0 Å². The maximum atomic E-state index is 13.2. The van der Waals surface area contributed by atoms with Crippen LogP contribution in [-0.2, 0) is 6.54 Å². The Kier molecular flexibility index (Phi) is 3.87. The highest BCUT2D eigenvalue weighted by molar-refractivity contribution is 5.77. The summed E-state index contributed by atoms with van der Waals surface area (Å²) in [6.45, 7) is 3.99. The van der Waals surface area contributed by atoms with Crippen LogP contribution in [0.2, 0.25) is 0 Å². The average molecular weight is 277 g/mol. The number of carbonyl (C=O) groups is 1. The summed E-state index contributed by atoms with van der Waals surface area (Å²) in [6, 6.07) is 6.94. The van der Waals surface area contributed by atoms with E-state index >= 15 is 0 Å². The summed E-state index contributed by atoms with van der Waals surface area (Å²) < 4.78 is 13.2. The minimum absolute atomic E-state index is 0.0983. The van der Waals surface area contributed by atoms with E-state index in [9.17, 15) is 9.18 Å². The van der Waals surface area contributed by atoms with Gasteiger partial charge in [0.1, 0.15) is 5.82 Å². The number of halogens is 1. The van der Waals surface area contributed by atoms with Gasteiger partial charge in [-0.1, -0.05) is 12.1 Å². The molecule has 0 spiro atoms. The molecular formula is C15H20FN3O. The lowest BCUT2D eigenvalue weighted by molar-refractivity contribution is 0.164. The molecule has 0 aromatic heterocycles. The van der Waals surface area contributed by atoms with Crippen LogP contribution in [0, 0.1) is 5.82 Å². The van der Waals surface area contributed by atoms with Crippen LogP contribution in [0.3, 0.4) is 0 Å². The number of amides is 2. The number of rotatable bonds is 3. The molecule has 108 valence electrons. The van der Waals surface area contributed by atoms with Crippen LogP contribution in [0.4, 0.5) is 9.18 Å². The van der Waals surface area contributed by atoms with Gasteiger partial charge in [0.2, 0.25) is 0 Å². The van der Waals surface area contributed by atoms with Gasteiger partial charge in [-0.3, -0.25) is 0 Å². The molecule has 2 heterocycles. The molecule has 1 aromatic rings. The van der Waals surface area contributed by atoms with Gasteiger partial charge in [-0.2, -0.15) is 0 Å². The second-order valence-electron chi connectivity index (χ2n) is 5.51. The van der Waals surface area contributed by atoms with E-state index in [1.54, 1.807) is 6.07 Å². The van der Waals surface area contributed by atoms with E-state index in [4.69, 9.17) is 0 Å². The normalized spacial score (nSPS) is 20.8. The van der Waals surface area contributed by atoms with Gasteiger partial charge in [-0.15, -0.1) is 0 Å². The van der Waals surface area contributed by atoms with Crippen LogP contribution in [0.1, 0.15) is 18.4 Å². The van der Waals surface area contributed by atoms with Crippen molar-refractivity contribution in [2.45, 2.75) is 25.4 Å². The van der Waals surface area contributed by atoms with Crippen LogP contribution >= 0.6 is 0 Å². The van der Waals surface area contributed by atoms with Crippen molar-refractivity contribution in [1.29, 1.82) is 0 Å². The van der Waals surface area contributed by atoms with Crippen molar-refractivity contribution in [3.05, 3.63) is 35.6 Å². The topological polar surface area (TPSA) is 35.6 Å². The second kappa shape index (κ2) is 5.79. The lowest BCUT2D eigenvalue weighted by Crippen LogP contribution is -2.45. The Morgan fingerprint density at radius 3 is 2.80 bits per heavy atom. The molecule has 2 saturated heterocycles. The molecule has 4 nitrogen and oxygen atoms in total. The Morgan fingerprint density at radius 2 is 2.05 bits per heavy atom. The number of nitrogens with one attached hydrogen (secondary N) is 1. The van der Waals surface area contributed by atoms with Gasteiger partial charge >= 0.3 is 6.03 Å². The van der Waals surface area contributed by atoms with E-state index in [2.05, 4.69) is 5.32 Å². The zero-order valence-corrected chi connectivity index (χ0v) is 11.5. The second-order valence-corrected chi connectivity index (χ2v) is 5.51. The van der Waals surface area contributed by atoms with E-state index in [0.29, 0.717) is 12.6 Å². The number of piperidine rings is 1. The first-order valence-electron chi connectivity index (χ1n) is 7.25. The summed E-state index contributed by atoms with van der Waals surface area (Å²) in [6.07, 6.45) is 2.05. The summed E-state index contributed by atoms with van der Waals surface area (Å²) in [7, 11) is 0. The molecule has 1 aromatic carbocycles. The Bertz CT molecular complexity index is 488. The maximum absolute atomic E-state index is 13.2. The van der Waals surface area contributed by atoms with Crippen LogP contribution in [0.15, 0.2) is 24.3 Å². The molecule has 2 fully saturated rings. The highest BCUT2D eigenvalue weighted by atomic mass is 19.1. The number of carbonyl (C=O) groups excluding carboxylic acids is 1. The molecule has 0 saturated carbocycles. The van der Waals surface area contributed by atoms with E-state index in [-0.39, 0.29) is 11.8 Å². The van der Waals surface area contributed by atoms with Crippen molar-refractivity contribution in [3.63, 3.8) is 0 Å². The molecule has 1 N–H and O–H groups in total. The molecule has 2 aliphatic rings. The van der Waals surface area contributed by atoms with Crippen molar-refractivity contribution >= 4 is 6.03 Å². The smallest absolute Gasteiger partial charge is 0.320 e. The lowest BCUT2D eigenvalue weighted by atomic mass is 10.1. The molecule has 2 aliphatic heterocycles. The largest absolute Gasteiger partial charge is 0.320 e. The number of benzene rings is 1. The van der Waals surface area contributed by atoms with Gasteiger partial charge in [0, 0.05) is 25.7 Å². The number of hydrogen-bond donors (Lipinski definition) is 1. The van der Waals surface area contributed by atoms with E-state index in [0.717, 1.165) is 44.6 Å². The SMILES string of the molecule is O=C1N(Cc2cccc(F)c2)CCN1C1CCNCC1. The Balaban J connectivity index is 1.63. The molecule has 0 bridgehead atoms. The highest BCUT2D eigenvalue weighted by Gasteiger charge is 2.33. The zero-order valence-electron chi connectivity index (χ0n) is 11.5. The highest BCUT2D eigenvalue weighted by Crippen LogP contribution is 2.20. The Labute approximate surface area is 118 Å². The van der Waals surface area contributed by atoms with Crippen molar-refractivity contribution in [2.24, 2.45) is 0 Å². The Hall–Kier alpha value is -1.62. The van der Waals surface area contributed by atoms with Gasteiger partial charge in [-0.05, 0) is 43.6 Å². The molecule has 0 aliphatic carbocycles. The molecule has 2 amide bonds. The first-order valence-corrected chi connectivity index (χ1v) is 7.25. The molecule has 0 atom stereocenters. The number of urea groups is 1. The van der Waals surface area contributed by atoms with E-state index < -0.39 is 0 Å². The van der Waals surface area contributed by atoms with Crippen molar-refractivity contribution < 1.29 is 9.18 Å². The Morgan fingerprint density at radius 1 is 1.25 bits per heavy atom. The summed E-state index contributed by atoms with van der Waals surface area (Å²) in [5.41, 5.74) is 0.852. The molecule has 3 rings (SSSR count). The first kappa shape index (κ1) is 13.4. The first-order chi connectivity index (χ1) is 9.74. The summed E-state index contributed by atoms with van der Waals surface area (Å²) in [4.78, 5) is 16.2. The molecule has 0 radical (unpaired) electrons. The van der Waals surface area contributed by atoms with Crippen LogP contribution in [-0.4, -0.2) is 48.1 Å². The maximum Gasteiger partial charge on any atom is 0.320 e. The fourth-order valence-electron chi connectivity index (χ4n) is 3.06. The summed E-state index contributed by atoms with van der Waals surface area (Å²) in [5.74, 6) is -0.246. The summed E-state index contributed by atoms with van der Waals surface area (Å²) >= 11 is 0. The zero-order chi connectivity index (χ0) is 13.9. The minimum atomic E-state index is -0.246. The predicted octanol–water partition coefficient (Wildman–Crippen LogP) is 1.82. The quantitative estimate of drug-likeness (QED) is 0.914. The van der Waals surface area contributed by atoms with E-state index in [1.807, 2.05) is 15.9 Å². The summed E-state index contributed by atoms with van der Waals surface area (Å²) in [5, 5.41) is 3.32. The predicted molar refractivity (Wildman–Crippen MR) is 74.8 cm³/mol. The standard InChI is InChI=1S/C15H20FN3O/c16-13-3-1-2-12(10-13)11-18-8-9-19(15(18)20)14-4-6-17-7-5-14/h1-3,10,14,17H,4-9,11H2. The van der Waals surface area contributed by atoms with Gasteiger partial charge in [0.25, 0.3) is 0 Å². The number of hydrogen-bond acceptors (Lipinski definition) is 2. The molecule has 5 heteroatoms. The third-order valence-electron chi connectivity index (χ3n) is 4.14. The molecule has 0 unspecified atom stereocenters.